The summed E-state index contributed by atoms with van der Waals surface area (Å²) < 4.78 is 0. The number of carboxylic acid groups (broad SMARTS) is 1. The van der Waals surface area contributed by atoms with Crippen molar-refractivity contribution in [3.05, 3.63) is 59.2 Å². The second-order valence-corrected chi connectivity index (χ2v) is 6.65. The number of nitrogens with zero attached hydrogens (tertiary/aromatic N) is 1. The van der Waals surface area contributed by atoms with Gasteiger partial charge in [0.15, 0.2) is 0 Å². The van der Waals surface area contributed by atoms with Crippen molar-refractivity contribution in [1.29, 1.82) is 0 Å². The molecule has 2 aromatic carbocycles. The van der Waals surface area contributed by atoms with Gasteiger partial charge in [-0.25, -0.2) is 4.79 Å². The summed E-state index contributed by atoms with van der Waals surface area (Å²) in [7, 11) is 0. The van der Waals surface area contributed by atoms with Crippen LogP contribution < -0.4 is 4.90 Å². The second-order valence-electron chi connectivity index (χ2n) is 6.65. The van der Waals surface area contributed by atoms with Crippen molar-refractivity contribution in [3.63, 3.8) is 0 Å². The van der Waals surface area contributed by atoms with Crippen LogP contribution in [0.15, 0.2) is 42.5 Å². The highest BCUT2D eigenvalue weighted by Crippen LogP contribution is 2.28. The maximum atomic E-state index is 11.4. The largest absolute Gasteiger partial charge is 0.508 e. The van der Waals surface area contributed by atoms with Crippen LogP contribution in [0.1, 0.15) is 61.0 Å². The predicted octanol–water partition coefficient (Wildman–Crippen LogP) is 5.09. The number of aromatic carboxylic acids is 1. The third kappa shape index (κ3) is 5.25. The van der Waals surface area contributed by atoms with E-state index in [9.17, 15) is 15.0 Å². The smallest absolute Gasteiger partial charge is 0.335 e. The lowest BCUT2D eigenvalue weighted by molar-refractivity contribution is 0.0696. The molecule has 26 heavy (non-hydrogen) atoms. The van der Waals surface area contributed by atoms with E-state index in [2.05, 4.69) is 18.7 Å². The number of rotatable bonds is 10. The molecule has 0 aliphatic heterocycles. The van der Waals surface area contributed by atoms with Crippen molar-refractivity contribution < 1.29 is 15.0 Å². The molecule has 0 spiro atoms. The Morgan fingerprint density at radius 1 is 0.962 bits per heavy atom. The van der Waals surface area contributed by atoms with Crippen LogP contribution in [0, 0.1) is 0 Å². The first-order valence-corrected chi connectivity index (χ1v) is 9.44. The standard InChI is InChI=1S/C22H29NO3/c1-3-5-13-23(14-6-4-2)19-12-11-18(21(24)16-19)15-17-9-7-8-10-20(17)22(25)26/h7-12,16,24H,3-6,13-15H2,1-2H3,(H,25,26). The summed E-state index contributed by atoms with van der Waals surface area (Å²) in [6, 6.07) is 12.7. The Labute approximate surface area is 156 Å². The molecule has 0 bridgehead atoms. The fraction of sp³-hybridized carbons (Fsp3) is 0.409. The predicted molar refractivity (Wildman–Crippen MR) is 106 cm³/mol. The van der Waals surface area contributed by atoms with E-state index in [1.54, 1.807) is 18.2 Å². The highest BCUT2D eigenvalue weighted by molar-refractivity contribution is 5.89. The minimum absolute atomic E-state index is 0.223. The summed E-state index contributed by atoms with van der Waals surface area (Å²) in [6.07, 6.45) is 4.92. The number of hydrogen-bond donors (Lipinski definition) is 2. The number of hydrogen-bond acceptors (Lipinski definition) is 3. The van der Waals surface area contributed by atoms with E-state index in [1.807, 2.05) is 24.3 Å². The van der Waals surface area contributed by atoms with E-state index in [-0.39, 0.29) is 11.3 Å². The van der Waals surface area contributed by atoms with E-state index in [1.165, 1.54) is 0 Å². The SMILES string of the molecule is CCCCN(CCCC)c1ccc(Cc2ccccc2C(=O)O)c(O)c1. The first kappa shape index (κ1) is 19.8. The molecule has 0 unspecified atom stereocenters. The van der Waals surface area contributed by atoms with E-state index < -0.39 is 5.97 Å². The summed E-state index contributed by atoms with van der Waals surface area (Å²) in [4.78, 5) is 13.7. The molecule has 2 N–H and O–H groups in total. The molecule has 0 fully saturated rings. The lowest BCUT2D eigenvalue weighted by Gasteiger charge is -2.25. The molecule has 4 nitrogen and oxygen atoms in total. The minimum atomic E-state index is -0.943. The third-order valence-corrected chi connectivity index (χ3v) is 4.63. The van der Waals surface area contributed by atoms with Gasteiger partial charge in [-0.05, 0) is 36.1 Å². The Hall–Kier alpha value is -2.49. The van der Waals surface area contributed by atoms with Crippen LogP contribution in [0.4, 0.5) is 5.69 Å². The van der Waals surface area contributed by atoms with Gasteiger partial charge in [-0.3, -0.25) is 0 Å². The van der Waals surface area contributed by atoms with Crippen LogP contribution in [-0.4, -0.2) is 29.3 Å². The molecule has 0 radical (unpaired) electrons. The second kappa shape index (κ2) is 9.85. The lowest BCUT2D eigenvalue weighted by atomic mass is 9.99. The molecule has 0 aliphatic carbocycles. The molecular formula is C22H29NO3. The summed E-state index contributed by atoms with van der Waals surface area (Å²) in [5, 5.41) is 19.8. The summed E-state index contributed by atoms with van der Waals surface area (Å²) in [6.45, 7) is 6.32. The number of aromatic hydroxyl groups is 1. The van der Waals surface area contributed by atoms with Crippen LogP contribution in [-0.2, 0) is 6.42 Å². The number of benzene rings is 2. The van der Waals surface area contributed by atoms with Gasteiger partial charge < -0.3 is 15.1 Å². The Morgan fingerprint density at radius 3 is 2.19 bits per heavy atom. The Bertz CT molecular complexity index is 719. The van der Waals surface area contributed by atoms with Gasteiger partial charge in [-0.2, -0.15) is 0 Å². The normalized spacial score (nSPS) is 10.7. The van der Waals surface area contributed by atoms with E-state index in [0.717, 1.165) is 50.0 Å². The van der Waals surface area contributed by atoms with Gasteiger partial charge in [-0.15, -0.1) is 0 Å². The molecule has 0 aliphatic rings. The van der Waals surface area contributed by atoms with Crippen LogP contribution >= 0.6 is 0 Å². The van der Waals surface area contributed by atoms with Crippen molar-refractivity contribution in [2.45, 2.75) is 46.0 Å². The first-order chi connectivity index (χ1) is 12.6. The Kier molecular flexibility index (Phi) is 7.52. The summed E-state index contributed by atoms with van der Waals surface area (Å²) >= 11 is 0. The summed E-state index contributed by atoms with van der Waals surface area (Å²) in [5.74, 6) is -0.720. The number of phenolic OH excluding ortho intramolecular Hbond substituents is 1. The molecule has 4 heteroatoms. The lowest BCUT2D eigenvalue weighted by Crippen LogP contribution is -2.25. The average Bonchev–Trinajstić information content (AvgIpc) is 2.64. The molecular weight excluding hydrogens is 326 g/mol. The molecule has 0 saturated heterocycles. The zero-order valence-corrected chi connectivity index (χ0v) is 15.7. The Morgan fingerprint density at radius 2 is 1.62 bits per heavy atom. The van der Waals surface area contributed by atoms with E-state index >= 15 is 0 Å². The molecule has 0 atom stereocenters. The summed E-state index contributed by atoms with van der Waals surface area (Å²) in [5.41, 5.74) is 2.76. The van der Waals surface area contributed by atoms with Gasteiger partial charge in [0.1, 0.15) is 5.75 Å². The molecule has 2 aromatic rings. The number of carbonyl (C=O) groups is 1. The highest BCUT2D eigenvalue weighted by Gasteiger charge is 2.13. The van der Waals surface area contributed by atoms with Crippen molar-refractivity contribution >= 4 is 11.7 Å². The maximum absolute atomic E-state index is 11.4. The average molecular weight is 355 g/mol. The van der Waals surface area contributed by atoms with Crippen LogP contribution in [0.5, 0.6) is 5.75 Å². The first-order valence-electron chi connectivity index (χ1n) is 9.44. The third-order valence-electron chi connectivity index (χ3n) is 4.63. The van der Waals surface area contributed by atoms with Crippen molar-refractivity contribution in [2.75, 3.05) is 18.0 Å². The van der Waals surface area contributed by atoms with Gasteiger partial charge in [0, 0.05) is 31.3 Å². The number of carboxylic acids is 1. The van der Waals surface area contributed by atoms with Gasteiger partial charge in [0.25, 0.3) is 0 Å². The fourth-order valence-electron chi connectivity index (χ4n) is 3.05. The van der Waals surface area contributed by atoms with Crippen molar-refractivity contribution in [2.24, 2.45) is 0 Å². The van der Waals surface area contributed by atoms with E-state index in [4.69, 9.17) is 0 Å². The number of anilines is 1. The molecule has 0 saturated carbocycles. The fourth-order valence-corrected chi connectivity index (χ4v) is 3.05. The zero-order valence-electron chi connectivity index (χ0n) is 15.7. The molecule has 140 valence electrons. The van der Waals surface area contributed by atoms with Crippen LogP contribution in [0.25, 0.3) is 0 Å². The topological polar surface area (TPSA) is 60.8 Å². The van der Waals surface area contributed by atoms with Crippen molar-refractivity contribution in [3.8, 4) is 5.75 Å². The molecule has 0 amide bonds. The van der Waals surface area contributed by atoms with Crippen LogP contribution in [0.2, 0.25) is 0 Å². The van der Waals surface area contributed by atoms with Crippen LogP contribution in [0.3, 0.4) is 0 Å². The monoisotopic (exact) mass is 355 g/mol. The molecule has 0 heterocycles. The molecule has 2 rings (SSSR count). The molecule has 0 aromatic heterocycles. The van der Waals surface area contributed by atoms with Gasteiger partial charge >= 0.3 is 5.97 Å². The maximum Gasteiger partial charge on any atom is 0.335 e. The van der Waals surface area contributed by atoms with Crippen molar-refractivity contribution in [1.82, 2.24) is 0 Å². The number of unbranched alkanes of at least 4 members (excludes halogenated alkanes) is 2. The highest BCUT2D eigenvalue weighted by atomic mass is 16.4. The zero-order chi connectivity index (χ0) is 18.9. The Balaban J connectivity index is 2.21. The van der Waals surface area contributed by atoms with Gasteiger partial charge in [0.05, 0.1) is 5.56 Å². The van der Waals surface area contributed by atoms with Gasteiger partial charge in [-0.1, -0.05) is 51.0 Å². The number of phenols is 1. The van der Waals surface area contributed by atoms with E-state index in [0.29, 0.717) is 12.0 Å². The van der Waals surface area contributed by atoms with Gasteiger partial charge in [0.2, 0.25) is 0 Å². The quantitative estimate of drug-likeness (QED) is 0.623. The minimum Gasteiger partial charge on any atom is -0.508 e.